The van der Waals surface area contributed by atoms with Gasteiger partial charge in [-0.1, -0.05) is 18.2 Å². The van der Waals surface area contributed by atoms with Crippen molar-refractivity contribution in [2.24, 2.45) is 5.92 Å². The molecule has 4 nitrogen and oxygen atoms in total. The Hall–Kier alpha value is -1.46. The molecule has 1 atom stereocenters. The molecule has 116 valence electrons. The molecule has 1 amide bonds. The summed E-state index contributed by atoms with van der Waals surface area (Å²) in [6, 6.07) is 6.32. The summed E-state index contributed by atoms with van der Waals surface area (Å²) in [4.78, 5) is 15.6. The van der Waals surface area contributed by atoms with E-state index in [4.69, 9.17) is 0 Å². The topological polar surface area (TPSA) is 43.8 Å². The van der Waals surface area contributed by atoms with Crippen LogP contribution in [0.4, 0.5) is 4.39 Å². The van der Waals surface area contributed by atoms with Crippen molar-refractivity contribution in [1.82, 2.24) is 9.80 Å². The number of aliphatic hydroxyl groups excluding tert-OH is 1. The number of carbonyl (C=O) groups excluding carboxylic acids is 1. The fourth-order valence-corrected chi connectivity index (χ4v) is 2.82. The Balaban J connectivity index is 1.86. The minimum absolute atomic E-state index is 0.0712. The number of aliphatic hydroxyl groups is 1. The minimum Gasteiger partial charge on any atom is -0.387 e. The van der Waals surface area contributed by atoms with Crippen LogP contribution in [0.15, 0.2) is 24.3 Å². The lowest BCUT2D eigenvalue weighted by Crippen LogP contribution is -2.41. The maximum Gasteiger partial charge on any atom is 0.225 e. The van der Waals surface area contributed by atoms with Crippen LogP contribution < -0.4 is 0 Å². The van der Waals surface area contributed by atoms with E-state index in [0.29, 0.717) is 12.1 Å². The molecule has 1 aliphatic heterocycles. The Morgan fingerprint density at radius 3 is 2.57 bits per heavy atom. The van der Waals surface area contributed by atoms with Gasteiger partial charge in [0.1, 0.15) is 5.82 Å². The minimum atomic E-state index is -0.827. The quantitative estimate of drug-likeness (QED) is 0.918. The van der Waals surface area contributed by atoms with E-state index >= 15 is 0 Å². The number of amides is 1. The van der Waals surface area contributed by atoms with E-state index in [1.807, 2.05) is 0 Å². The fraction of sp³-hybridized carbons (Fsp3) is 0.562. The number of β-amino-alcohol motifs (C(OH)–C–C–N with tert-alkyl or cyclic N) is 1. The zero-order chi connectivity index (χ0) is 15.4. The molecule has 1 aromatic carbocycles. The monoisotopic (exact) mass is 294 g/mol. The predicted octanol–water partition coefficient (Wildman–Crippen LogP) is 1.66. The van der Waals surface area contributed by atoms with Crippen molar-refractivity contribution in [1.29, 1.82) is 0 Å². The van der Waals surface area contributed by atoms with Crippen molar-refractivity contribution in [3.05, 3.63) is 35.6 Å². The number of hydrogen-bond donors (Lipinski definition) is 1. The molecular weight excluding hydrogens is 271 g/mol. The van der Waals surface area contributed by atoms with E-state index in [-0.39, 0.29) is 17.6 Å². The van der Waals surface area contributed by atoms with Crippen LogP contribution in [0.1, 0.15) is 24.5 Å². The van der Waals surface area contributed by atoms with E-state index < -0.39 is 6.10 Å². The first-order valence-electron chi connectivity index (χ1n) is 7.35. The number of hydrogen-bond acceptors (Lipinski definition) is 3. The van der Waals surface area contributed by atoms with Gasteiger partial charge in [-0.05, 0) is 32.0 Å². The van der Waals surface area contributed by atoms with Gasteiger partial charge in [0, 0.05) is 32.1 Å². The molecule has 5 heteroatoms. The fourth-order valence-electron chi connectivity index (χ4n) is 2.82. The van der Waals surface area contributed by atoms with E-state index in [1.165, 1.54) is 6.07 Å². The average molecular weight is 294 g/mol. The van der Waals surface area contributed by atoms with Crippen molar-refractivity contribution in [2.75, 3.05) is 33.7 Å². The Kier molecular flexibility index (Phi) is 5.31. The van der Waals surface area contributed by atoms with Gasteiger partial charge >= 0.3 is 0 Å². The molecule has 0 aliphatic carbocycles. The second-order valence-electron chi connectivity index (χ2n) is 5.84. The second-order valence-corrected chi connectivity index (χ2v) is 5.84. The summed E-state index contributed by atoms with van der Waals surface area (Å²) < 4.78 is 13.6. The molecule has 1 heterocycles. The summed E-state index contributed by atoms with van der Waals surface area (Å²) in [5.41, 5.74) is 0.337. The highest BCUT2D eigenvalue weighted by atomic mass is 19.1. The molecule has 0 spiro atoms. The number of halogens is 1. The van der Waals surface area contributed by atoms with Crippen molar-refractivity contribution >= 4 is 5.91 Å². The predicted molar refractivity (Wildman–Crippen MR) is 79.2 cm³/mol. The first-order valence-corrected chi connectivity index (χ1v) is 7.35. The molecule has 0 radical (unpaired) electrons. The van der Waals surface area contributed by atoms with Gasteiger partial charge in [0.05, 0.1) is 6.10 Å². The molecule has 21 heavy (non-hydrogen) atoms. The van der Waals surface area contributed by atoms with Crippen LogP contribution in [0.2, 0.25) is 0 Å². The molecule has 1 fully saturated rings. The van der Waals surface area contributed by atoms with Crippen LogP contribution >= 0.6 is 0 Å². The van der Waals surface area contributed by atoms with Crippen LogP contribution in [0.3, 0.4) is 0 Å². The lowest BCUT2D eigenvalue weighted by atomic mass is 9.95. The van der Waals surface area contributed by atoms with Crippen molar-refractivity contribution in [3.8, 4) is 0 Å². The molecule has 1 N–H and O–H groups in total. The lowest BCUT2D eigenvalue weighted by Gasteiger charge is -2.33. The van der Waals surface area contributed by atoms with Crippen LogP contribution in [0.5, 0.6) is 0 Å². The third kappa shape index (κ3) is 4.02. The van der Waals surface area contributed by atoms with Crippen LogP contribution in [-0.2, 0) is 4.79 Å². The van der Waals surface area contributed by atoms with Gasteiger partial charge in [-0.2, -0.15) is 0 Å². The molecule has 0 saturated carbocycles. The zero-order valence-corrected chi connectivity index (χ0v) is 12.6. The first-order chi connectivity index (χ1) is 9.99. The average Bonchev–Trinajstić information content (AvgIpc) is 2.47. The van der Waals surface area contributed by atoms with Gasteiger partial charge in [-0.3, -0.25) is 4.79 Å². The van der Waals surface area contributed by atoms with E-state index in [1.54, 1.807) is 37.2 Å². The largest absolute Gasteiger partial charge is 0.387 e. The number of carbonyl (C=O) groups is 1. The summed E-state index contributed by atoms with van der Waals surface area (Å²) in [6.45, 7) is 1.93. The Bertz CT molecular complexity index is 485. The highest BCUT2D eigenvalue weighted by molar-refractivity contribution is 5.78. The zero-order valence-electron chi connectivity index (χ0n) is 12.6. The van der Waals surface area contributed by atoms with Gasteiger partial charge in [-0.15, -0.1) is 0 Å². The number of likely N-dealkylation sites (tertiary alicyclic amines) is 1. The third-order valence-electron chi connectivity index (χ3n) is 4.07. The van der Waals surface area contributed by atoms with Gasteiger partial charge in [0.2, 0.25) is 5.91 Å². The standard InChI is InChI=1S/C16H23FN2O2/c1-18(2)16(21)12-7-9-19(10-8-12)11-15(20)13-5-3-4-6-14(13)17/h3-6,12,15,20H,7-11H2,1-2H3/t15-/m1/s1. The van der Waals surface area contributed by atoms with Crippen molar-refractivity contribution < 1.29 is 14.3 Å². The Labute approximate surface area is 125 Å². The molecule has 0 bridgehead atoms. The Morgan fingerprint density at radius 1 is 1.38 bits per heavy atom. The SMILES string of the molecule is CN(C)C(=O)C1CCN(C[C@@H](O)c2ccccc2F)CC1. The number of benzene rings is 1. The molecule has 1 aliphatic rings. The molecule has 1 aromatic rings. The maximum absolute atomic E-state index is 13.6. The van der Waals surface area contributed by atoms with Crippen molar-refractivity contribution in [3.63, 3.8) is 0 Å². The summed E-state index contributed by atoms with van der Waals surface area (Å²) >= 11 is 0. The van der Waals surface area contributed by atoms with Crippen molar-refractivity contribution in [2.45, 2.75) is 18.9 Å². The lowest BCUT2D eigenvalue weighted by molar-refractivity contribution is -0.134. The van der Waals surface area contributed by atoms with E-state index in [9.17, 15) is 14.3 Å². The summed E-state index contributed by atoms with van der Waals surface area (Å²) in [5.74, 6) is -0.131. The molecule has 0 unspecified atom stereocenters. The van der Waals surface area contributed by atoms with E-state index in [0.717, 1.165) is 25.9 Å². The number of piperidine rings is 1. The van der Waals surface area contributed by atoms with Crippen LogP contribution in [0.25, 0.3) is 0 Å². The van der Waals surface area contributed by atoms with E-state index in [2.05, 4.69) is 4.90 Å². The molecular formula is C16H23FN2O2. The maximum atomic E-state index is 13.6. The molecule has 0 aromatic heterocycles. The van der Waals surface area contributed by atoms with Gasteiger partial charge in [-0.25, -0.2) is 4.39 Å². The normalized spacial score (nSPS) is 18.5. The number of rotatable bonds is 4. The highest BCUT2D eigenvalue weighted by Crippen LogP contribution is 2.23. The molecule has 1 saturated heterocycles. The summed E-state index contributed by atoms with van der Waals surface area (Å²) in [5, 5.41) is 10.2. The smallest absolute Gasteiger partial charge is 0.225 e. The molecule has 2 rings (SSSR count). The second kappa shape index (κ2) is 7.00. The van der Waals surface area contributed by atoms with Gasteiger partial charge in [0.25, 0.3) is 0 Å². The summed E-state index contributed by atoms with van der Waals surface area (Å²) in [7, 11) is 3.55. The first kappa shape index (κ1) is 15.9. The van der Waals surface area contributed by atoms with Gasteiger partial charge in [0.15, 0.2) is 0 Å². The van der Waals surface area contributed by atoms with Crippen LogP contribution in [0, 0.1) is 11.7 Å². The summed E-state index contributed by atoms with van der Waals surface area (Å²) in [6.07, 6.45) is 0.759. The number of nitrogens with zero attached hydrogens (tertiary/aromatic N) is 2. The van der Waals surface area contributed by atoms with Gasteiger partial charge < -0.3 is 14.9 Å². The third-order valence-corrected chi connectivity index (χ3v) is 4.07. The Morgan fingerprint density at radius 2 is 2.00 bits per heavy atom. The highest BCUT2D eigenvalue weighted by Gasteiger charge is 2.27. The van der Waals surface area contributed by atoms with Crippen LogP contribution in [-0.4, -0.2) is 54.5 Å².